The molecule has 36 heavy (non-hydrogen) atoms. The van der Waals surface area contributed by atoms with Gasteiger partial charge >= 0.3 is 0 Å². The van der Waals surface area contributed by atoms with E-state index in [1.54, 1.807) is 79.7 Å². The average molecular weight is 501 g/mol. The predicted molar refractivity (Wildman–Crippen MR) is 138 cm³/mol. The van der Waals surface area contributed by atoms with Crippen LogP contribution in [0.15, 0.2) is 77.4 Å². The van der Waals surface area contributed by atoms with Gasteiger partial charge in [0.1, 0.15) is 0 Å². The first-order valence-corrected chi connectivity index (χ1v) is 11.2. The van der Waals surface area contributed by atoms with Gasteiger partial charge in [0, 0.05) is 0 Å². The van der Waals surface area contributed by atoms with Gasteiger partial charge in [0.2, 0.25) is 0 Å². The number of amides is 2. The molecule has 1 N–H and O–H groups in total. The number of carbonyl (C=O) groups excluding carboxylic acids is 2. The number of benzene rings is 3. The minimum Gasteiger partial charge on any atom is -0.493 e. The summed E-state index contributed by atoms with van der Waals surface area (Å²) in [6.07, 6.45) is 1.71. The topological polar surface area (TPSA) is 104 Å². The molecule has 3 aromatic rings. The second kappa shape index (κ2) is 10.8. The van der Waals surface area contributed by atoms with Gasteiger partial charge in [0.15, 0.2) is 18.1 Å². The quantitative estimate of drug-likeness (QED) is 0.457. The lowest BCUT2D eigenvalue weighted by molar-refractivity contribution is -0.118. The van der Waals surface area contributed by atoms with Crippen molar-refractivity contribution in [3.63, 3.8) is 0 Å². The van der Waals surface area contributed by atoms with Crippen LogP contribution in [0.4, 0.5) is 11.4 Å². The third-order valence-electron chi connectivity index (χ3n) is 5.31. The minimum atomic E-state index is -0.373. The summed E-state index contributed by atoms with van der Waals surface area (Å²) in [6, 6.07) is 20.7. The van der Waals surface area contributed by atoms with Gasteiger partial charge in [-0.1, -0.05) is 29.8 Å². The van der Waals surface area contributed by atoms with Crippen LogP contribution in [0, 0.1) is 11.3 Å². The normalized spacial score (nSPS) is 13.8. The Morgan fingerprint density at radius 1 is 1.14 bits per heavy atom. The maximum atomic E-state index is 13.0. The predicted octanol–water partition coefficient (Wildman–Crippen LogP) is 5.04. The molecule has 0 fully saturated rings. The van der Waals surface area contributed by atoms with Crippen LogP contribution in [0.25, 0.3) is 6.08 Å². The maximum absolute atomic E-state index is 13.0. The van der Waals surface area contributed by atoms with Crippen molar-refractivity contribution in [2.75, 3.05) is 24.0 Å². The molecule has 4 rings (SSSR count). The van der Waals surface area contributed by atoms with Gasteiger partial charge in [0.05, 0.1) is 46.4 Å². The molecule has 1 aliphatic rings. The van der Waals surface area contributed by atoms with Gasteiger partial charge in [-0.25, -0.2) is 0 Å². The summed E-state index contributed by atoms with van der Waals surface area (Å²) in [4.78, 5) is 25.3. The second-order valence-corrected chi connectivity index (χ2v) is 8.15. The van der Waals surface area contributed by atoms with Crippen molar-refractivity contribution in [3.05, 3.63) is 88.5 Å². The molecule has 0 saturated heterocycles. The first-order valence-electron chi connectivity index (χ1n) is 10.9. The zero-order valence-electron chi connectivity index (χ0n) is 19.5. The van der Waals surface area contributed by atoms with Crippen molar-refractivity contribution in [1.29, 1.82) is 5.26 Å². The Morgan fingerprint density at radius 3 is 2.58 bits per heavy atom. The van der Waals surface area contributed by atoms with E-state index in [0.717, 1.165) is 0 Å². The maximum Gasteiger partial charge on any atom is 0.280 e. The number of rotatable bonds is 7. The van der Waals surface area contributed by atoms with E-state index in [2.05, 4.69) is 10.4 Å². The molecule has 8 nitrogen and oxygen atoms in total. The number of methoxy groups -OCH3 is 1. The lowest BCUT2D eigenvalue weighted by atomic mass is 10.1. The number of ether oxygens (including phenoxy) is 2. The third kappa shape index (κ3) is 5.37. The van der Waals surface area contributed by atoms with Crippen LogP contribution < -0.4 is 19.8 Å². The number of nitrogens with one attached hydrogen (secondary N) is 1. The van der Waals surface area contributed by atoms with Crippen LogP contribution in [0.2, 0.25) is 5.02 Å². The average Bonchev–Trinajstić information content (AvgIpc) is 3.17. The zero-order valence-corrected chi connectivity index (χ0v) is 20.2. The fourth-order valence-electron chi connectivity index (χ4n) is 3.49. The largest absolute Gasteiger partial charge is 0.493 e. The fourth-order valence-corrected chi connectivity index (χ4v) is 3.67. The molecule has 0 unspecified atom stereocenters. The van der Waals surface area contributed by atoms with E-state index in [1.807, 2.05) is 6.07 Å². The van der Waals surface area contributed by atoms with Gasteiger partial charge in [-0.2, -0.15) is 15.4 Å². The number of hydrogen-bond acceptors (Lipinski definition) is 6. The Bertz CT molecular complexity index is 1420. The van der Waals surface area contributed by atoms with Crippen molar-refractivity contribution in [1.82, 2.24) is 0 Å². The van der Waals surface area contributed by atoms with E-state index in [1.165, 1.54) is 12.1 Å². The van der Waals surface area contributed by atoms with E-state index in [4.69, 9.17) is 26.3 Å². The molecule has 0 atom stereocenters. The first-order chi connectivity index (χ1) is 17.4. The second-order valence-electron chi connectivity index (χ2n) is 7.75. The number of halogens is 1. The van der Waals surface area contributed by atoms with Crippen LogP contribution in [0.3, 0.4) is 0 Å². The molecule has 0 aliphatic carbocycles. The van der Waals surface area contributed by atoms with Crippen molar-refractivity contribution in [2.24, 2.45) is 5.10 Å². The lowest BCUT2D eigenvalue weighted by Crippen LogP contribution is -2.21. The number of hydrazone groups is 1. The molecular formula is C27H21ClN4O4. The molecule has 180 valence electrons. The Balaban J connectivity index is 1.47. The van der Waals surface area contributed by atoms with Gasteiger partial charge < -0.3 is 14.8 Å². The minimum absolute atomic E-state index is 0.244. The van der Waals surface area contributed by atoms with Crippen LogP contribution in [0.5, 0.6) is 11.5 Å². The molecule has 2 amide bonds. The van der Waals surface area contributed by atoms with Crippen molar-refractivity contribution in [2.45, 2.75) is 6.92 Å². The number of hydrogen-bond donors (Lipinski definition) is 1. The van der Waals surface area contributed by atoms with Crippen molar-refractivity contribution >= 4 is 46.6 Å². The van der Waals surface area contributed by atoms with Crippen LogP contribution in [-0.4, -0.2) is 31.2 Å². The molecule has 0 aromatic heterocycles. The molecule has 0 bridgehead atoms. The van der Waals surface area contributed by atoms with E-state index >= 15 is 0 Å². The van der Waals surface area contributed by atoms with Crippen LogP contribution in [-0.2, 0) is 9.59 Å². The number of anilines is 2. The SMILES string of the molecule is COc1cc(C=C2C(=O)N(c3ccc(C#N)cc3)N=C2C)ccc1OCC(=O)Nc1ccccc1Cl. The standard InChI is InChI=1S/C27H21ClN4O4/c1-17-21(27(34)32(31-17)20-10-7-18(15-29)8-11-20)13-19-9-12-24(25(14-19)35-2)36-16-26(33)30-23-6-4-3-5-22(23)28/h3-14H,16H2,1-2H3,(H,30,33). The van der Waals surface area contributed by atoms with E-state index in [9.17, 15) is 9.59 Å². The highest BCUT2D eigenvalue weighted by atomic mass is 35.5. The number of nitriles is 1. The summed E-state index contributed by atoms with van der Waals surface area (Å²) >= 11 is 6.07. The smallest absolute Gasteiger partial charge is 0.280 e. The van der Waals surface area contributed by atoms with Crippen LogP contribution >= 0.6 is 11.6 Å². The van der Waals surface area contributed by atoms with Gasteiger partial charge in [-0.05, 0) is 67.1 Å². The van der Waals surface area contributed by atoms with Gasteiger partial charge in [-0.15, -0.1) is 0 Å². The summed E-state index contributed by atoms with van der Waals surface area (Å²) in [7, 11) is 1.49. The molecule has 0 spiro atoms. The lowest BCUT2D eigenvalue weighted by Gasteiger charge is -2.13. The first kappa shape index (κ1) is 24.5. The molecule has 0 saturated carbocycles. The Morgan fingerprint density at radius 2 is 1.89 bits per heavy atom. The Kier molecular flexibility index (Phi) is 7.33. The van der Waals surface area contributed by atoms with E-state index in [0.29, 0.717) is 50.3 Å². The summed E-state index contributed by atoms with van der Waals surface area (Å²) in [5.74, 6) is 0.116. The number of nitrogens with zero attached hydrogens (tertiary/aromatic N) is 3. The summed E-state index contributed by atoms with van der Waals surface area (Å²) in [5, 5.41) is 17.8. The fraction of sp³-hybridized carbons (Fsp3) is 0.111. The number of para-hydroxylation sites is 1. The van der Waals surface area contributed by atoms with Gasteiger partial charge in [-0.3, -0.25) is 9.59 Å². The Hall–Kier alpha value is -4.61. The monoisotopic (exact) mass is 500 g/mol. The zero-order chi connectivity index (χ0) is 25.7. The van der Waals surface area contributed by atoms with Crippen LogP contribution in [0.1, 0.15) is 18.1 Å². The van der Waals surface area contributed by atoms with Crippen molar-refractivity contribution in [3.8, 4) is 17.6 Å². The summed E-state index contributed by atoms with van der Waals surface area (Å²) < 4.78 is 11.1. The number of carbonyl (C=O) groups is 2. The molecule has 9 heteroatoms. The summed E-state index contributed by atoms with van der Waals surface area (Å²) in [5.41, 5.74) is 3.24. The summed E-state index contributed by atoms with van der Waals surface area (Å²) in [6.45, 7) is 1.51. The Labute approximate surface area is 213 Å². The molecule has 1 heterocycles. The molecule has 3 aromatic carbocycles. The highest BCUT2D eigenvalue weighted by molar-refractivity contribution is 6.33. The third-order valence-corrected chi connectivity index (χ3v) is 5.64. The molecule has 0 radical (unpaired) electrons. The molecular weight excluding hydrogens is 480 g/mol. The highest BCUT2D eigenvalue weighted by Crippen LogP contribution is 2.31. The van der Waals surface area contributed by atoms with E-state index in [-0.39, 0.29) is 18.4 Å². The van der Waals surface area contributed by atoms with Gasteiger partial charge in [0.25, 0.3) is 11.8 Å². The van der Waals surface area contributed by atoms with E-state index < -0.39 is 0 Å². The molecule has 1 aliphatic heterocycles. The van der Waals surface area contributed by atoms with Crippen molar-refractivity contribution < 1.29 is 19.1 Å². The highest BCUT2D eigenvalue weighted by Gasteiger charge is 2.28.